The third kappa shape index (κ3) is 36.6. The van der Waals surface area contributed by atoms with Crippen molar-refractivity contribution in [3.63, 3.8) is 0 Å². The van der Waals surface area contributed by atoms with Gasteiger partial charge in [0.1, 0.15) is 19.8 Å². The van der Waals surface area contributed by atoms with E-state index in [2.05, 4.69) is 74.6 Å². The molecule has 4 atom stereocenters. The van der Waals surface area contributed by atoms with Crippen LogP contribution in [0.1, 0.15) is 149 Å². The molecule has 0 saturated carbocycles. The zero-order valence-corrected chi connectivity index (χ0v) is 38.0. The van der Waals surface area contributed by atoms with E-state index in [9.17, 15) is 14.3 Å². The van der Waals surface area contributed by atoms with Gasteiger partial charge >= 0.3 is 5.97 Å². The molecule has 1 fully saturated rings. The lowest BCUT2D eigenvalue weighted by molar-refractivity contribution is -0.870. The maximum Gasteiger partial charge on any atom is 0.306 e. The standard InChI is InChI=1S/C48H82NO8P/c1-6-8-10-11-12-13-14-15-16-17-20-23-26-29-32-36-41-53-43-45(44-55-58(51,52)54-42-40-49(3,4)5)56-48(50)39-35-31-28-25-22-19-18-21-24-27-30-34-38-47-46(57-47)37-33-9-7-2/h9,15-16,19,21-22,24,28,30-31,33-34,36,41,45-47H,6-8,10-14,17-18,20,23,25-27,29,32,35,37-40,42-44H2,1-5H3/b16-15-,22-19-,24-21-,31-28-,33-9-,34-30-,41-36+/t45-,46?,47?/m1/s1. The number of esters is 1. The summed E-state index contributed by atoms with van der Waals surface area (Å²) in [7, 11) is 1.25. The Hall–Kier alpha value is -2.52. The van der Waals surface area contributed by atoms with Gasteiger partial charge in [-0.25, -0.2) is 0 Å². The number of phosphoric acid groups is 1. The molecule has 9 nitrogen and oxygen atoms in total. The summed E-state index contributed by atoms with van der Waals surface area (Å²) in [6.07, 6.45) is 51.7. The minimum Gasteiger partial charge on any atom is -0.756 e. The summed E-state index contributed by atoms with van der Waals surface area (Å²) in [6.45, 7) is 4.49. The average molecular weight is 832 g/mol. The predicted molar refractivity (Wildman–Crippen MR) is 239 cm³/mol. The van der Waals surface area contributed by atoms with Crippen LogP contribution in [0.2, 0.25) is 0 Å². The van der Waals surface area contributed by atoms with Crippen LogP contribution >= 0.6 is 7.82 Å². The van der Waals surface area contributed by atoms with Crippen molar-refractivity contribution in [1.29, 1.82) is 0 Å². The van der Waals surface area contributed by atoms with Crippen LogP contribution in [0.25, 0.3) is 0 Å². The molecule has 1 aliphatic rings. The van der Waals surface area contributed by atoms with Crippen molar-refractivity contribution in [1.82, 2.24) is 0 Å². The average Bonchev–Trinajstić information content (AvgIpc) is 3.93. The van der Waals surface area contributed by atoms with Crippen LogP contribution in [0.15, 0.2) is 85.3 Å². The van der Waals surface area contributed by atoms with Crippen molar-refractivity contribution in [3.8, 4) is 0 Å². The van der Waals surface area contributed by atoms with E-state index in [-0.39, 0.29) is 26.2 Å². The molecule has 3 unspecified atom stereocenters. The first-order valence-electron chi connectivity index (χ1n) is 22.5. The molecular formula is C48H82NO8P. The first-order valence-corrected chi connectivity index (χ1v) is 23.9. The number of nitrogens with zero attached hydrogens (tertiary/aromatic N) is 1. The molecule has 0 aromatic heterocycles. The molecule has 0 amide bonds. The lowest BCUT2D eigenvalue weighted by Crippen LogP contribution is -2.37. The Balaban J connectivity index is 2.31. The minimum atomic E-state index is -4.57. The fourth-order valence-corrected chi connectivity index (χ4v) is 6.54. The van der Waals surface area contributed by atoms with Gasteiger partial charge in [-0.05, 0) is 89.5 Å². The molecule has 1 rings (SSSR count). The smallest absolute Gasteiger partial charge is 0.306 e. The highest BCUT2D eigenvalue weighted by Gasteiger charge is 2.35. The van der Waals surface area contributed by atoms with Crippen molar-refractivity contribution in [2.45, 2.75) is 167 Å². The molecule has 332 valence electrons. The molecule has 0 aliphatic carbocycles. The molecule has 10 heteroatoms. The van der Waals surface area contributed by atoms with E-state index in [0.29, 0.717) is 29.7 Å². The van der Waals surface area contributed by atoms with Gasteiger partial charge in [-0.3, -0.25) is 9.36 Å². The van der Waals surface area contributed by atoms with Crippen LogP contribution < -0.4 is 4.89 Å². The summed E-state index contributed by atoms with van der Waals surface area (Å²) in [4.78, 5) is 25.0. The van der Waals surface area contributed by atoms with Crippen LogP contribution in [0.4, 0.5) is 0 Å². The van der Waals surface area contributed by atoms with Crippen LogP contribution in [0, 0.1) is 0 Å². The monoisotopic (exact) mass is 832 g/mol. The second-order valence-electron chi connectivity index (χ2n) is 16.1. The van der Waals surface area contributed by atoms with Gasteiger partial charge in [-0.2, -0.15) is 0 Å². The number of unbranched alkanes of at least 4 members (excludes halogenated alkanes) is 11. The number of allylic oxidation sites excluding steroid dienone is 11. The van der Waals surface area contributed by atoms with Crippen molar-refractivity contribution in [2.75, 3.05) is 47.5 Å². The Morgan fingerprint density at radius 3 is 1.76 bits per heavy atom. The van der Waals surface area contributed by atoms with E-state index in [1.54, 1.807) is 6.26 Å². The molecule has 0 bridgehead atoms. The first-order chi connectivity index (χ1) is 28.1. The summed E-state index contributed by atoms with van der Waals surface area (Å²) in [5.41, 5.74) is 0. The van der Waals surface area contributed by atoms with Gasteiger partial charge in [0, 0.05) is 6.42 Å². The van der Waals surface area contributed by atoms with Crippen molar-refractivity contribution in [2.24, 2.45) is 0 Å². The molecular weight excluding hydrogens is 750 g/mol. The van der Waals surface area contributed by atoms with E-state index in [1.807, 2.05) is 39.4 Å². The van der Waals surface area contributed by atoms with E-state index in [4.69, 9.17) is 23.3 Å². The third-order valence-corrected chi connectivity index (χ3v) is 10.4. The normalized spacial score (nSPS) is 18.0. The van der Waals surface area contributed by atoms with Gasteiger partial charge in [0.25, 0.3) is 7.82 Å². The number of quaternary nitrogens is 1. The fraction of sp³-hybridized carbons (Fsp3) is 0.688. The highest BCUT2D eigenvalue weighted by molar-refractivity contribution is 7.45. The second kappa shape index (κ2) is 36.3. The van der Waals surface area contributed by atoms with Gasteiger partial charge in [0.15, 0.2) is 6.10 Å². The van der Waals surface area contributed by atoms with E-state index < -0.39 is 19.9 Å². The minimum absolute atomic E-state index is 0.00514. The molecule has 0 N–H and O–H groups in total. The zero-order valence-electron chi connectivity index (χ0n) is 37.2. The topological polar surface area (TPSA) is 107 Å². The third-order valence-electron chi connectivity index (χ3n) is 9.41. The maximum atomic E-state index is 12.6. The molecule has 1 saturated heterocycles. The Morgan fingerprint density at radius 1 is 0.655 bits per heavy atom. The number of hydrogen-bond acceptors (Lipinski definition) is 8. The van der Waals surface area contributed by atoms with Crippen molar-refractivity contribution in [3.05, 3.63) is 85.3 Å². The van der Waals surface area contributed by atoms with Crippen LogP contribution in [0.5, 0.6) is 0 Å². The van der Waals surface area contributed by atoms with Crippen LogP contribution in [-0.4, -0.2) is 76.3 Å². The number of likely N-dealkylation sites (N-methyl/N-ethyl adjacent to an activating group) is 1. The van der Waals surface area contributed by atoms with Crippen LogP contribution in [-0.2, 0) is 32.6 Å². The number of epoxide rings is 1. The number of carbonyl (C=O) groups is 1. The van der Waals surface area contributed by atoms with Gasteiger partial charge in [0.05, 0.1) is 46.2 Å². The fourth-order valence-electron chi connectivity index (χ4n) is 5.81. The van der Waals surface area contributed by atoms with E-state index in [0.717, 1.165) is 64.2 Å². The summed E-state index contributed by atoms with van der Waals surface area (Å²) in [6, 6.07) is 0. The molecule has 0 radical (unpaired) electrons. The Labute approximate surface area is 354 Å². The number of carbonyl (C=O) groups excluding carboxylic acids is 1. The molecule has 58 heavy (non-hydrogen) atoms. The quantitative estimate of drug-likeness (QED) is 0.0115. The number of phosphoric ester groups is 1. The maximum absolute atomic E-state index is 12.6. The van der Waals surface area contributed by atoms with E-state index in [1.165, 1.54) is 57.8 Å². The van der Waals surface area contributed by atoms with Gasteiger partial charge < -0.3 is 32.6 Å². The van der Waals surface area contributed by atoms with Gasteiger partial charge in [-0.1, -0.05) is 132 Å². The highest BCUT2D eigenvalue weighted by atomic mass is 31.2. The molecule has 0 aromatic carbocycles. The lowest BCUT2D eigenvalue weighted by atomic mass is 10.1. The number of hydrogen-bond donors (Lipinski definition) is 0. The Morgan fingerprint density at radius 2 is 1.17 bits per heavy atom. The lowest BCUT2D eigenvalue weighted by Gasteiger charge is -2.28. The number of ether oxygens (including phenoxy) is 3. The van der Waals surface area contributed by atoms with Crippen LogP contribution in [0.3, 0.4) is 0 Å². The largest absolute Gasteiger partial charge is 0.756 e. The molecule has 0 spiro atoms. The first kappa shape index (κ1) is 53.5. The van der Waals surface area contributed by atoms with Crippen molar-refractivity contribution < 1.29 is 42.0 Å². The van der Waals surface area contributed by atoms with Gasteiger partial charge in [-0.15, -0.1) is 0 Å². The SMILES string of the molecule is CC/C=C\CC1OC1C/C=C\C/C=C\C/C=C\C/C=C\CCC(=O)O[C@H](CO/C=C/CCCCCC/C=C\CCCCCCCC)COP(=O)([O-])OCC[N+](C)(C)C. The predicted octanol–water partition coefficient (Wildman–Crippen LogP) is 12.0. The summed E-state index contributed by atoms with van der Waals surface area (Å²) < 4.78 is 39.9. The molecule has 0 aromatic rings. The second-order valence-corrected chi connectivity index (χ2v) is 17.5. The summed E-state index contributed by atoms with van der Waals surface area (Å²) >= 11 is 0. The highest BCUT2D eigenvalue weighted by Crippen LogP contribution is 2.38. The Bertz CT molecular complexity index is 1260. The van der Waals surface area contributed by atoms with Gasteiger partial charge in [0.2, 0.25) is 0 Å². The zero-order chi connectivity index (χ0) is 42.4. The molecule has 1 aliphatic heterocycles. The number of rotatable bonds is 39. The Kier molecular flexibility index (Phi) is 33.5. The van der Waals surface area contributed by atoms with Crippen molar-refractivity contribution >= 4 is 13.8 Å². The molecule has 1 heterocycles. The van der Waals surface area contributed by atoms with E-state index >= 15 is 0 Å². The summed E-state index contributed by atoms with van der Waals surface area (Å²) in [5.74, 6) is -0.446. The summed E-state index contributed by atoms with van der Waals surface area (Å²) in [5, 5.41) is 0.